The van der Waals surface area contributed by atoms with Crippen molar-refractivity contribution in [1.82, 2.24) is 9.80 Å². The molecular formula is C19H28N2O2S2. The lowest BCUT2D eigenvalue weighted by Gasteiger charge is -2.35. The third-order valence-corrected chi connectivity index (χ3v) is 6.86. The molecule has 2 aliphatic rings. The molecule has 0 bridgehead atoms. The van der Waals surface area contributed by atoms with Gasteiger partial charge in [-0.2, -0.15) is 11.8 Å². The molecule has 0 saturated carbocycles. The van der Waals surface area contributed by atoms with Crippen molar-refractivity contribution < 1.29 is 9.53 Å². The van der Waals surface area contributed by atoms with Gasteiger partial charge in [-0.1, -0.05) is 30.3 Å². The Labute approximate surface area is 159 Å². The van der Waals surface area contributed by atoms with Crippen molar-refractivity contribution in [2.75, 3.05) is 56.7 Å². The van der Waals surface area contributed by atoms with Crippen molar-refractivity contribution in [1.29, 1.82) is 0 Å². The monoisotopic (exact) mass is 380 g/mol. The van der Waals surface area contributed by atoms with E-state index in [0.717, 1.165) is 57.3 Å². The summed E-state index contributed by atoms with van der Waals surface area (Å²) < 4.78 is 5.45. The minimum atomic E-state index is 0.307. The predicted octanol–water partition coefficient (Wildman–Crippen LogP) is 2.59. The summed E-state index contributed by atoms with van der Waals surface area (Å²) in [4.78, 5) is 17.5. The Kier molecular flexibility index (Phi) is 7.98. The Balaban J connectivity index is 1.51. The molecule has 0 aromatic heterocycles. The molecule has 0 aliphatic carbocycles. The third kappa shape index (κ3) is 6.20. The van der Waals surface area contributed by atoms with Crippen LogP contribution in [0.5, 0.6) is 0 Å². The van der Waals surface area contributed by atoms with Crippen molar-refractivity contribution in [3.8, 4) is 0 Å². The van der Waals surface area contributed by atoms with E-state index in [0.29, 0.717) is 17.7 Å². The molecule has 2 heterocycles. The van der Waals surface area contributed by atoms with Crippen molar-refractivity contribution in [2.24, 2.45) is 0 Å². The van der Waals surface area contributed by atoms with Gasteiger partial charge in [0.15, 0.2) is 0 Å². The zero-order valence-electron chi connectivity index (χ0n) is 14.8. The van der Waals surface area contributed by atoms with Crippen LogP contribution in [-0.2, 0) is 15.3 Å². The summed E-state index contributed by atoms with van der Waals surface area (Å²) in [6.07, 6.45) is 1.11. The highest BCUT2D eigenvalue weighted by Crippen LogP contribution is 2.20. The van der Waals surface area contributed by atoms with Gasteiger partial charge in [0.2, 0.25) is 5.91 Å². The number of carbonyl (C=O) groups is 1. The summed E-state index contributed by atoms with van der Waals surface area (Å²) in [5.74, 6) is 4.02. The lowest BCUT2D eigenvalue weighted by atomic mass is 10.2. The Morgan fingerprint density at radius 3 is 2.80 bits per heavy atom. The Hall–Kier alpha value is -0.690. The summed E-state index contributed by atoms with van der Waals surface area (Å²) in [7, 11) is 0. The molecule has 0 spiro atoms. The first-order valence-corrected chi connectivity index (χ1v) is 11.4. The number of amides is 1. The molecule has 138 valence electrons. The van der Waals surface area contributed by atoms with E-state index in [4.69, 9.17) is 4.74 Å². The lowest BCUT2D eigenvalue weighted by molar-refractivity contribution is -0.130. The molecule has 1 unspecified atom stereocenters. The van der Waals surface area contributed by atoms with Crippen molar-refractivity contribution >= 4 is 29.4 Å². The van der Waals surface area contributed by atoms with E-state index >= 15 is 0 Å². The zero-order valence-corrected chi connectivity index (χ0v) is 16.4. The number of hydrogen-bond acceptors (Lipinski definition) is 5. The van der Waals surface area contributed by atoms with Crippen LogP contribution >= 0.6 is 23.5 Å². The Morgan fingerprint density at radius 1 is 1.20 bits per heavy atom. The van der Waals surface area contributed by atoms with Gasteiger partial charge in [-0.3, -0.25) is 9.69 Å². The normalized spacial score (nSPS) is 22.6. The summed E-state index contributed by atoms with van der Waals surface area (Å²) in [5, 5.41) is 0. The van der Waals surface area contributed by atoms with Crippen LogP contribution in [0.2, 0.25) is 0 Å². The van der Waals surface area contributed by atoms with E-state index in [1.165, 1.54) is 11.3 Å². The molecule has 2 fully saturated rings. The van der Waals surface area contributed by atoms with Crippen molar-refractivity contribution in [2.45, 2.75) is 18.2 Å². The predicted molar refractivity (Wildman–Crippen MR) is 107 cm³/mol. The fraction of sp³-hybridized carbons (Fsp3) is 0.632. The molecule has 0 radical (unpaired) electrons. The minimum absolute atomic E-state index is 0.307. The van der Waals surface area contributed by atoms with Crippen LogP contribution in [0.25, 0.3) is 0 Å². The first-order chi connectivity index (χ1) is 12.3. The van der Waals surface area contributed by atoms with Gasteiger partial charge in [0.25, 0.3) is 0 Å². The molecule has 2 saturated heterocycles. The number of morpholine rings is 1. The summed E-state index contributed by atoms with van der Waals surface area (Å²) in [6.45, 7) is 5.53. The van der Waals surface area contributed by atoms with E-state index in [2.05, 4.69) is 34.1 Å². The topological polar surface area (TPSA) is 32.8 Å². The van der Waals surface area contributed by atoms with Crippen LogP contribution in [0.15, 0.2) is 30.3 Å². The van der Waals surface area contributed by atoms with Gasteiger partial charge in [-0.15, -0.1) is 11.8 Å². The number of rotatable bonds is 6. The Bertz CT molecular complexity index is 523. The molecular weight excluding hydrogens is 352 g/mol. The number of ether oxygens (including phenoxy) is 1. The minimum Gasteiger partial charge on any atom is -0.379 e. The van der Waals surface area contributed by atoms with E-state index in [1.54, 1.807) is 11.8 Å². The van der Waals surface area contributed by atoms with Gasteiger partial charge < -0.3 is 9.64 Å². The SMILES string of the molecule is O=C(CSCc1ccccc1)N1CCCSCC1CN1CCOCC1. The highest BCUT2D eigenvalue weighted by molar-refractivity contribution is 7.99. The number of carbonyl (C=O) groups excluding carboxylic acids is 1. The second-order valence-corrected chi connectivity index (χ2v) is 8.70. The standard InChI is InChI=1S/C19H28N2O2S2/c22-19(16-25-14-17-5-2-1-3-6-17)21-7-4-12-24-15-18(21)13-20-8-10-23-11-9-20/h1-3,5-6,18H,4,7-16H2. The number of benzene rings is 1. The fourth-order valence-electron chi connectivity index (χ4n) is 3.30. The average Bonchev–Trinajstić information content (AvgIpc) is 2.89. The van der Waals surface area contributed by atoms with E-state index < -0.39 is 0 Å². The number of hydrogen-bond donors (Lipinski definition) is 0. The highest BCUT2D eigenvalue weighted by Gasteiger charge is 2.27. The second kappa shape index (κ2) is 10.5. The van der Waals surface area contributed by atoms with Gasteiger partial charge in [0, 0.05) is 37.7 Å². The summed E-state index contributed by atoms with van der Waals surface area (Å²) in [6, 6.07) is 10.7. The van der Waals surface area contributed by atoms with Crippen molar-refractivity contribution in [3.05, 3.63) is 35.9 Å². The van der Waals surface area contributed by atoms with Crippen LogP contribution in [0, 0.1) is 0 Å². The maximum Gasteiger partial charge on any atom is 0.232 e. The first-order valence-electron chi connectivity index (χ1n) is 9.12. The number of nitrogens with zero attached hydrogens (tertiary/aromatic N) is 2. The molecule has 6 heteroatoms. The highest BCUT2D eigenvalue weighted by atomic mass is 32.2. The molecule has 1 aromatic carbocycles. The van der Waals surface area contributed by atoms with Gasteiger partial charge in [0.05, 0.1) is 25.0 Å². The van der Waals surface area contributed by atoms with Crippen LogP contribution in [0.4, 0.5) is 0 Å². The third-order valence-electron chi connectivity index (χ3n) is 4.67. The van der Waals surface area contributed by atoms with E-state index in [1.807, 2.05) is 17.8 Å². The molecule has 2 aliphatic heterocycles. The van der Waals surface area contributed by atoms with Crippen LogP contribution in [0.3, 0.4) is 0 Å². The molecule has 1 atom stereocenters. The molecule has 0 N–H and O–H groups in total. The number of thioether (sulfide) groups is 2. The molecule has 1 aromatic rings. The van der Waals surface area contributed by atoms with Crippen molar-refractivity contribution in [3.63, 3.8) is 0 Å². The molecule has 4 nitrogen and oxygen atoms in total. The smallest absolute Gasteiger partial charge is 0.232 e. The van der Waals surface area contributed by atoms with E-state index in [-0.39, 0.29) is 0 Å². The molecule has 25 heavy (non-hydrogen) atoms. The summed E-state index contributed by atoms with van der Waals surface area (Å²) in [5.41, 5.74) is 1.29. The largest absolute Gasteiger partial charge is 0.379 e. The lowest BCUT2D eigenvalue weighted by Crippen LogP contribution is -2.50. The average molecular weight is 381 g/mol. The van der Waals surface area contributed by atoms with Crippen LogP contribution in [-0.4, -0.2) is 78.4 Å². The molecule has 3 rings (SSSR count). The van der Waals surface area contributed by atoms with E-state index in [9.17, 15) is 4.79 Å². The van der Waals surface area contributed by atoms with Gasteiger partial charge >= 0.3 is 0 Å². The zero-order chi connectivity index (χ0) is 17.3. The van der Waals surface area contributed by atoms with Crippen LogP contribution in [0.1, 0.15) is 12.0 Å². The van der Waals surface area contributed by atoms with Gasteiger partial charge in [-0.05, 0) is 17.7 Å². The second-order valence-electron chi connectivity index (χ2n) is 6.56. The maximum absolute atomic E-state index is 12.8. The Morgan fingerprint density at radius 2 is 2.00 bits per heavy atom. The van der Waals surface area contributed by atoms with Gasteiger partial charge in [-0.25, -0.2) is 0 Å². The van der Waals surface area contributed by atoms with Crippen LogP contribution < -0.4 is 0 Å². The summed E-state index contributed by atoms with van der Waals surface area (Å²) >= 11 is 3.73. The first kappa shape index (κ1) is 19.1. The maximum atomic E-state index is 12.8. The fourth-order valence-corrected chi connectivity index (χ4v) is 5.23. The van der Waals surface area contributed by atoms with Gasteiger partial charge in [0.1, 0.15) is 0 Å². The quantitative estimate of drug-likeness (QED) is 0.758. The molecule has 1 amide bonds.